The van der Waals surface area contributed by atoms with Crippen molar-refractivity contribution in [3.05, 3.63) is 143 Å². The predicted molar refractivity (Wildman–Crippen MR) is 456 cm³/mol. The summed E-state index contributed by atoms with van der Waals surface area (Å²) in [7, 11) is -50.4. The number of benzene rings is 3. The third-order valence-corrected chi connectivity index (χ3v) is 29.5. The normalized spacial score (nSPS) is 21.6. The van der Waals surface area contributed by atoms with Gasteiger partial charge in [0.2, 0.25) is 29.6 Å². The number of nitrogens with zero attached hydrogens (tertiary/aromatic N) is 15. The molecule has 3 aliphatic rings. The van der Waals surface area contributed by atoms with E-state index in [-0.39, 0.29) is 136 Å². The number of aromatic nitrogens is 12. The van der Waals surface area contributed by atoms with Crippen molar-refractivity contribution in [1.29, 1.82) is 0 Å². The standard InChI is InChI=1S/3C21H26N7O15P3/c2*1-11(13-5-4-12(3-2-6-22)7-14(13)28(30)31)40-20-18-19(25-21(23)26-20)27(10-24-18)17-8-15(29)16(41-17)9-39-45(35,36)43-46(37,38)42-44(32,33)34;1-11-7-12(3-2-6-22)4-5-13(11)20(28(30)31)41-19-17-18(25-21(23)26-19)27(10-24-17)16-8-14(29)15(40-16)9-39-45(35,36)43-46(37,38)42-44(32,33)34/h2*4-5,7,10-11,15-17,29H,6,8-9,22H2,1H3,(H,35,36)(H,37,38)(H2,23,25,26)(H2,32,33,34);4-5,7,10,14-16,20,29H,6,8-9,22H2,1H3,(H,35,36)(H,37,38)(H2,23,25,26)(H2,32,33,34)/t11?,15-,16-,17-;11-,15+,16+,17+;14-,15-,16-,20?/m101/s1. The lowest BCUT2D eigenvalue weighted by Crippen LogP contribution is -2.26. The zero-order valence-electron chi connectivity index (χ0n) is 69.9. The Kier molecular flexibility index (Phi) is 35.6. The Labute approximate surface area is 769 Å². The molecule has 3 aliphatic heterocycles. The molecule has 0 spiro atoms. The number of nitrogen functional groups attached to an aromatic ring is 3. The first-order valence-electron chi connectivity index (χ1n) is 37.9. The van der Waals surface area contributed by atoms with E-state index in [0.717, 1.165) is 0 Å². The van der Waals surface area contributed by atoms with Crippen LogP contribution in [0, 0.1) is 72.8 Å². The third-order valence-electron chi connectivity index (χ3n) is 18.1. The Hall–Kier alpha value is -10.1. The van der Waals surface area contributed by atoms with Crippen LogP contribution in [0.3, 0.4) is 0 Å². The molecule has 8 unspecified atom stereocenters. The van der Waals surface area contributed by atoms with Crippen molar-refractivity contribution >= 4 is 133 Å². The van der Waals surface area contributed by atoms with Gasteiger partial charge in [0.15, 0.2) is 33.5 Å². The number of phosphoric acid groups is 9. The van der Waals surface area contributed by atoms with Crippen molar-refractivity contribution in [2.24, 2.45) is 17.2 Å². The Morgan fingerprint density at radius 1 is 0.428 bits per heavy atom. The molecular weight excluding hydrogens is 2050 g/mol. The minimum Gasteiger partial charge on any atom is -0.468 e. The molecule has 3 aromatic carbocycles. The van der Waals surface area contributed by atoms with E-state index < -0.39 is 179 Å². The van der Waals surface area contributed by atoms with Crippen molar-refractivity contribution in [2.45, 2.75) is 114 Å². The van der Waals surface area contributed by atoms with Crippen molar-refractivity contribution in [3.8, 4) is 53.2 Å². The van der Waals surface area contributed by atoms with Crippen LogP contribution >= 0.6 is 70.4 Å². The van der Waals surface area contributed by atoms with Crippen LogP contribution in [0.5, 0.6) is 17.6 Å². The lowest BCUT2D eigenvalue weighted by molar-refractivity contribution is -0.570. The number of phosphoric ester groups is 3. The number of rotatable bonds is 36. The molecule has 750 valence electrons. The third kappa shape index (κ3) is 30.4. The molecule has 27 N–H and O–H groups in total. The minimum absolute atomic E-state index is 0.0283. The highest BCUT2D eigenvalue weighted by molar-refractivity contribution is 7.68. The molecule has 6 aromatic heterocycles. The quantitative estimate of drug-likeness (QED) is 0.00876. The van der Waals surface area contributed by atoms with Crippen LogP contribution in [0.2, 0.25) is 0 Å². The second-order valence-electron chi connectivity index (χ2n) is 28.0. The van der Waals surface area contributed by atoms with Crippen LogP contribution in [0.1, 0.15) is 109 Å². The lowest BCUT2D eigenvalue weighted by Gasteiger charge is -2.19. The zero-order valence-corrected chi connectivity index (χ0v) is 77.9. The number of hydrogen-bond acceptors (Lipinski definition) is 48. The average Bonchev–Trinajstić information content (AvgIpc) is 1.62. The fourth-order valence-corrected chi connectivity index (χ4v) is 21.7. The maximum absolute atomic E-state index is 12.0. The van der Waals surface area contributed by atoms with Crippen molar-refractivity contribution in [3.63, 3.8) is 0 Å². The van der Waals surface area contributed by atoms with Crippen LogP contribution in [0.4, 0.5) is 29.2 Å². The summed E-state index contributed by atoms with van der Waals surface area (Å²) in [6.07, 6.45) is -11.7. The number of aryl methyl sites for hydroxylation is 1. The van der Waals surface area contributed by atoms with Gasteiger partial charge in [-0.15, -0.1) is 0 Å². The summed E-state index contributed by atoms with van der Waals surface area (Å²) < 4.78 is 177. The topological polar surface area (TPSA) is 1010 Å². The number of ether oxygens (including phenoxy) is 6. The summed E-state index contributed by atoms with van der Waals surface area (Å²) >= 11 is 0. The molecule has 75 heteroatoms. The van der Waals surface area contributed by atoms with Gasteiger partial charge in [0.1, 0.15) is 49.2 Å². The Morgan fingerprint density at radius 2 is 0.710 bits per heavy atom. The van der Waals surface area contributed by atoms with Gasteiger partial charge in [-0.05, 0) is 68.8 Å². The number of aliphatic hydroxyl groups is 3. The summed E-state index contributed by atoms with van der Waals surface area (Å²) in [6, 6.07) is 13.3. The highest BCUT2D eigenvalue weighted by atomic mass is 31.3. The van der Waals surface area contributed by atoms with Gasteiger partial charge in [-0.2, -0.15) is 55.8 Å². The molecular formula is C63H78N21O45P9. The molecule has 0 radical (unpaired) electrons. The maximum atomic E-state index is 12.0. The van der Waals surface area contributed by atoms with E-state index >= 15 is 0 Å². The maximum Gasteiger partial charge on any atom is 0.490 e. The Balaban J connectivity index is 0.000000214. The van der Waals surface area contributed by atoms with Gasteiger partial charge in [-0.25, -0.2) is 56.0 Å². The van der Waals surface area contributed by atoms with Gasteiger partial charge < -0.3 is 137 Å². The van der Waals surface area contributed by atoms with E-state index in [2.05, 4.69) is 120 Å². The van der Waals surface area contributed by atoms with E-state index in [0.29, 0.717) is 22.3 Å². The first kappa shape index (κ1) is 110. The van der Waals surface area contributed by atoms with E-state index in [1.165, 1.54) is 76.9 Å². The molecule has 66 nitrogen and oxygen atoms in total. The van der Waals surface area contributed by atoms with Gasteiger partial charge >= 0.3 is 76.6 Å². The molecule has 3 fully saturated rings. The molecule has 138 heavy (non-hydrogen) atoms. The van der Waals surface area contributed by atoms with Crippen molar-refractivity contribution in [1.82, 2.24) is 58.6 Å². The SMILES string of the molecule is CC(Oc1nc(N)nc2c1ncn2[C@H]1C[C@@H](O)[C@@H](COP(=O)(O)OP(=O)(O)OP(=O)(O)O)O1)c1ccc(C#CCN)cc1[N+](=O)[O-].C[C@H](Oc1nc(N)nc2c1ncn2[C@H]1C[C@@H](O)[C@@H](COP(=O)(O)OP(=O)(O)OP(=O)(O)O)O1)c1ccc(C#CCN)cc1[N+](=O)[O-].Cc1cc(C#CCN)ccc1C(Oc1nc(N)nc2c1ncn2[C@H]1C[C@@H](O)[C@@H](COP(=O)(O)OP(=O)(O)OP(=O)(O)O)O1)[N+](=O)[O-]. The predicted octanol–water partition coefficient (Wildman–Crippen LogP) is 1.89. The van der Waals surface area contributed by atoms with Gasteiger partial charge in [0.05, 0.1) is 108 Å². The van der Waals surface area contributed by atoms with E-state index in [4.69, 9.17) is 92.2 Å². The number of nitro benzene ring substituents is 2. The molecule has 3 saturated heterocycles. The average molecular weight is 2130 g/mol. The number of fused-ring (bicyclic) bond motifs is 3. The van der Waals surface area contributed by atoms with Crippen LogP contribution in [-0.4, -0.2) is 223 Å². The minimum atomic E-state index is -5.75. The van der Waals surface area contributed by atoms with Gasteiger partial charge in [-0.3, -0.25) is 57.6 Å². The van der Waals surface area contributed by atoms with E-state index in [9.17, 15) is 116 Å². The van der Waals surface area contributed by atoms with Crippen molar-refractivity contribution in [2.75, 3.05) is 56.7 Å². The molecule has 0 amide bonds. The highest BCUT2D eigenvalue weighted by Crippen LogP contribution is 2.69. The van der Waals surface area contributed by atoms with Gasteiger partial charge in [-0.1, -0.05) is 35.5 Å². The molecule has 0 aliphatic carbocycles. The highest BCUT2D eigenvalue weighted by Gasteiger charge is 2.48. The van der Waals surface area contributed by atoms with Gasteiger partial charge in [0, 0.05) is 48.1 Å². The summed E-state index contributed by atoms with van der Waals surface area (Å²) in [4.78, 5) is 179. The molecule has 9 aromatic rings. The zero-order chi connectivity index (χ0) is 102. The van der Waals surface area contributed by atoms with E-state index in [1.54, 1.807) is 31.2 Å². The Bertz CT molecular complexity index is 6510. The first-order valence-corrected chi connectivity index (χ1v) is 51.4. The monoisotopic (exact) mass is 2130 g/mol. The number of imidazole rings is 3. The second kappa shape index (κ2) is 44.8. The Morgan fingerprint density at radius 3 is 0.978 bits per heavy atom. The molecule has 18 atom stereocenters. The molecule has 0 bridgehead atoms. The fourth-order valence-electron chi connectivity index (χ4n) is 12.6. The fraction of sp³-hybridized carbons (Fsp3) is 0.381. The van der Waals surface area contributed by atoms with Crippen LogP contribution < -0.4 is 48.6 Å². The van der Waals surface area contributed by atoms with Gasteiger partial charge in [0.25, 0.3) is 17.3 Å². The smallest absolute Gasteiger partial charge is 0.468 e. The largest absolute Gasteiger partial charge is 0.490 e. The first-order chi connectivity index (χ1) is 64.1. The van der Waals surface area contributed by atoms with Crippen molar-refractivity contribution < 1.29 is 198 Å². The molecule has 0 saturated carbocycles. The number of nitro groups is 3. The number of nitrogens with two attached hydrogens (primary N) is 6. The van der Waals surface area contributed by atoms with Crippen LogP contribution in [0.25, 0.3) is 33.5 Å². The summed E-state index contributed by atoms with van der Waals surface area (Å²) in [6.45, 7) is 2.26. The second-order valence-corrected chi connectivity index (χ2v) is 41.3. The number of anilines is 3. The molecule has 9 heterocycles. The lowest BCUT2D eigenvalue weighted by atomic mass is 10.0. The van der Waals surface area contributed by atoms with Crippen LogP contribution in [0.15, 0.2) is 73.6 Å². The summed E-state index contributed by atoms with van der Waals surface area (Å²) in [5.41, 5.74) is 35.7. The number of hydrogen-bond donors (Lipinski definition) is 21. The van der Waals surface area contributed by atoms with Crippen LogP contribution in [-0.2, 0) is 94.7 Å². The summed E-state index contributed by atoms with van der Waals surface area (Å²) in [5.74, 6) is 14.7. The molecule has 12 rings (SSSR count). The summed E-state index contributed by atoms with van der Waals surface area (Å²) in [5, 5.41) is 67.0. The van der Waals surface area contributed by atoms with E-state index in [1.807, 2.05) is 0 Å². The number of aliphatic hydroxyl groups excluding tert-OH is 3.